The van der Waals surface area contributed by atoms with Crippen molar-refractivity contribution in [3.63, 3.8) is 0 Å². The third-order valence-corrected chi connectivity index (χ3v) is 2.01. The van der Waals surface area contributed by atoms with E-state index in [-0.39, 0.29) is 13.2 Å². The molecule has 1 aromatic carbocycles. The van der Waals surface area contributed by atoms with Gasteiger partial charge in [0.05, 0.1) is 6.61 Å². The van der Waals surface area contributed by atoms with E-state index < -0.39 is 12.0 Å². The molecule has 18 heavy (non-hydrogen) atoms. The molecule has 0 saturated heterocycles. The summed E-state index contributed by atoms with van der Waals surface area (Å²) in [7, 11) is 0. The first-order valence-corrected chi connectivity index (χ1v) is 5.59. The molecule has 0 spiro atoms. The number of hydrogen-bond donors (Lipinski definition) is 2. The lowest BCUT2D eigenvalue weighted by molar-refractivity contribution is -0.123. The molecule has 1 rings (SSSR count). The highest BCUT2D eigenvalue weighted by molar-refractivity contribution is 6.30. The van der Waals surface area contributed by atoms with Gasteiger partial charge in [-0.2, -0.15) is 0 Å². The molecule has 7 heteroatoms. The van der Waals surface area contributed by atoms with Crippen molar-refractivity contribution in [3.8, 4) is 5.75 Å². The van der Waals surface area contributed by atoms with Crippen molar-refractivity contribution in [2.45, 2.75) is 6.92 Å². The number of hydrazine groups is 1. The molecule has 0 heterocycles. The maximum absolute atomic E-state index is 11.3. The Balaban J connectivity index is 2.24. The third-order valence-electron chi connectivity index (χ3n) is 1.76. The van der Waals surface area contributed by atoms with E-state index in [9.17, 15) is 9.59 Å². The Morgan fingerprint density at radius 2 is 1.89 bits per heavy atom. The van der Waals surface area contributed by atoms with Gasteiger partial charge in [0.2, 0.25) is 0 Å². The van der Waals surface area contributed by atoms with E-state index >= 15 is 0 Å². The van der Waals surface area contributed by atoms with Gasteiger partial charge in [-0.15, -0.1) is 0 Å². The molecule has 0 radical (unpaired) electrons. The van der Waals surface area contributed by atoms with Crippen LogP contribution in [0.15, 0.2) is 24.3 Å². The number of carbonyl (C=O) groups excluding carboxylic acids is 2. The molecule has 1 aromatic rings. The number of carbonyl (C=O) groups is 2. The molecular formula is C11H13ClN2O4. The number of amides is 2. The van der Waals surface area contributed by atoms with Gasteiger partial charge in [0.15, 0.2) is 6.61 Å². The van der Waals surface area contributed by atoms with E-state index in [4.69, 9.17) is 16.3 Å². The zero-order chi connectivity index (χ0) is 13.4. The lowest BCUT2D eigenvalue weighted by Gasteiger charge is -2.08. The van der Waals surface area contributed by atoms with E-state index in [0.717, 1.165) is 0 Å². The fourth-order valence-electron chi connectivity index (χ4n) is 1.00. The zero-order valence-corrected chi connectivity index (χ0v) is 10.5. The Bertz CT molecular complexity index is 408. The Morgan fingerprint density at radius 1 is 1.22 bits per heavy atom. The molecule has 0 fully saturated rings. The van der Waals surface area contributed by atoms with Crippen LogP contribution in [0.25, 0.3) is 0 Å². The Labute approximate surface area is 109 Å². The predicted molar refractivity (Wildman–Crippen MR) is 65.2 cm³/mol. The normalized spacial score (nSPS) is 9.44. The Hall–Kier alpha value is -1.95. The van der Waals surface area contributed by atoms with Crippen LogP contribution in [0.3, 0.4) is 0 Å². The van der Waals surface area contributed by atoms with E-state index in [1.165, 1.54) is 0 Å². The molecule has 0 aliphatic rings. The highest BCUT2D eigenvalue weighted by Gasteiger charge is 2.05. The highest BCUT2D eigenvalue weighted by Crippen LogP contribution is 2.15. The third kappa shape index (κ3) is 5.40. The molecule has 6 nitrogen and oxygen atoms in total. The lowest BCUT2D eigenvalue weighted by atomic mass is 10.3. The number of rotatable bonds is 4. The number of hydrogen-bond acceptors (Lipinski definition) is 4. The van der Waals surface area contributed by atoms with Crippen molar-refractivity contribution in [2.75, 3.05) is 13.2 Å². The largest absolute Gasteiger partial charge is 0.484 e. The van der Waals surface area contributed by atoms with E-state index in [1.54, 1.807) is 31.2 Å². The molecular weight excluding hydrogens is 260 g/mol. The second-order valence-electron chi connectivity index (χ2n) is 3.14. The smallest absolute Gasteiger partial charge is 0.426 e. The second-order valence-corrected chi connectivity index (χ2v) is 3.57. The maximum Gasteiger partial charge on any atom is 0.426 e. The van der Waals surface area contributed by atoms with E-state index in [2.05, 4.69) is 15.6 Å². The van der Waals surface area contributed by atoms with Crippen molar-refractivity contribution >= 4 is 23.6 Å². The van der Waals surface area contributed by atoms with Gasteiger partial charge in [-0.3, -0.25) is 10.2 Å². The van der Waals surface area contributed by atoms with Gasteiger partial charge in [0, 0.05) is 5.02 Å². The van der Waals surface area contributed by atoms with Crippen LogP contribution in [0.2, 0.25) is 5.02 Å². The van der Waals surface area contributed by atoms with Gasteiger partial charge in [-0.1, -0.05) is 11.6 Å². The van der Waals surface area contributed by atoms with Crippen LogP contribution < -0.4 is 15.6 Å². The first-order valence-electron chi connectivity index (χ1n) is 5.21. The quantitative estimate of drug-likeness (QED) is 0.815. The van der Waals surface area contributed by atoms with Gasteiger partial charge in [0.1, 0.15) is 5.75 Å². The minimum absolute atomic E-state index is 0.225. The van der Waals surface area contributed by atoms with E-state index in [1.807, 2.05) is 0 Å². The average molecular weight is 273 g/mol. The van der Waals surface area contributed by atoms with Gasteiger partial charge < -0.3 is 9.47 Å². The summed E-state index contributed by atoms with van der Waals surface area (Å²) in [5, 5.41) is 0.579. The first kappa shape index (κ1) is 14.1. The van der Waals surface area contributed by atoms with Crippen LogP contribution in [0.4, 0.5) is 4.79 Å². The Morgan fingerprint density at radius 3 is 2.50 bits per heavy atom. The minimum atomic E-state index is -0.725. The van der Waals surface area contributed by atoms with Gasteiger partial charge in [0.25, 0.3) is 5.91 Å². The van der Waals surface area contributed by atoms with E-state index in [0.29, 0.717) is 10.8 Å². The van der Waals surface area contributed by atoms with Crippen molar-refractivity contribution in [1.82, 2.24) is 10.9 Å². The van der Waals surface area contributed by atoms with Crippen molar-refractivity contribution in [2.24, 2.45) is 0 Å². The molecule has 0 aliphatic heterocycles. The van der Waals surface area contributed by atoms with Crippen molar-refractivity contribution in [3.05, 3.63) is 29.3 Å². The summed E-state index contributed by atoms with van der Waals surface area (Å²) < 4.78 is 9.70. The summed E-state index contributed by atoms with van der Waals surface area (Å²) in [5.74, 6) is 0.00341. The zero-order valence-electron chi connectivity index (χ0n) is 9.73. The molecule has 0 saturated carbocycles. The molecule has 0 aromatic heterocycles. The van der Waals surface area contributed by atoms with Crippen LogP contribution >= 0.6 is 11.6 Å². The fraction of sp³-hybridized carbons (Fsp3) is 0.273. The van der Waals surface area contributed by atoms with Crippen molar-refractivity contribution in [1.29, 1.82) is 0 Å². The molecule has 98 valence electrons. The topological polar surface area (TPSA) is 76.7 Å². The molecule has 2 amide bonds. The van der Waals surface area contributed by atoms with Crippen LogP contribution in [0, 0.1) is 0 Å². The molecule has 2 N–H and O–H groups in total. The van der Waals surface area contributed by atoms with Crippen LogP contribution in [-0.4, -0.2) is 25.2 Å². The average Bonchev–Trinajstić information content (AvgIpc) is 2.36. The van der Waals surface area contributed by atoms with Crippen LogP contribution in [-0.2, 0) is 9.53 Å². The number of nitrogens with one attached hydrogen (secondary N) is 2. The van der Waals surface area contributed by atoms with Gasteiger partial charge in [-0.05, 0) is 31.2 Å². The Kier molecular flexibility index (Phi) is 5.79. The summed E-state index contributed by atoms with van der Waals surface area (Å²) >= 11 is 5.69. The SMILES string of the molecule is CCOC(=O)NNC(=O)COc1ccc(Cl)cc1. The standard InChI is InChI=1S/C11H13ClN2O4/c1-2-17-11(16)14-13-10(15)7-18-9-5-3-8(12)4-6-9/h3-6H,2,7H2,1H3,(H,13,15)(H,14,16). The number of ether oxygens (including phenoxy) is 2. The number of benzene rings is 1. The summed E-state index contributed by atoms with van der Waals surface area (Å²) in [5.41, 5.74) is 4.20. The summed E-state index contributed by atoms with van der Waals surface area (Å²) in [6, 6.07) is 6.56. The monoisotopic (exact) mass is 272 g/mol. The molecule has 0 unspecified atom stereocenters. The minimum Gasteiger partial charge on any atom is -0.484 e. The number of halogens is 1. The van der Waals surface area contributed by atoms with Crippen LogP contribution in [0.5, 0.6) is 5.75 Å². The summed E-state index contributed by atoms with van der Waals surface area (Å²) in [4.78, 5) is 22.1. The summed E-state index contributed by atoms with van der Waals surface area (Å²) in [6.07, 6.45) is -0.725. The lowest BCUT2D eigenvalue weighted by Crippen LogP contribution is -2.44. The maximum atomic E-state index is 11.3. The van der Waals surface area contributed by atoms with Crippen molar-refractivity contribution < 1.29 is 19.1 Å². The fourth-order valence-corrected chi connectivity index (χ4v) is 1.13. The highest BCUT2D eigenvalue weighted by atomic mass is 35.5. The molecule has 0 aliphatic carbocycles. The molecule has 0 atom stereocenters. The van der Waals surface area contributed by atoms with Gasteiger partial charge >= 0.3 is 6.09 Å². The summed E-state index contributed by atoms with van der Waals surface area (Å²) in [6.45, 7) is 1.65. The predicted octanol–water partition coefficient (Wildman–Crippen LogP) is 1.50. The molecule has 0 bridgehead atoms. The van der Waals surface area contributed by atoms with Gasteiger partial charge in [-0.25, -0.2) is 10.2 Å². The second kappa shape index (κ2) is 7.39. The first-order chi connectivity index (χ1) is 8.61. The van der Waals surface area contributed by atoms with Crippen LogP contribution in [0.1, 0.15) is 6.92 Å².